The van der Waals surface area contributed by atoms with E-state index in [4.69, 9.17) is 4.74 Å². The summed E-state index contributed by atoms with van der Waals surface area (Å²) in [4.78, 5) is 11.9. The van der Waals surface area contributed by atoms with Crippen LogP contribution >= 0.6 is 0 Å². The van der Waals surface area contributed by atoms with Gasteiger partial charge < -0.3 is 4.74 Å². The molecule has 0 radical (unpaired) electrons. The van der Waals surface area contributed by atoms with E-state index in [0.29, 0.717) is 18.3 Å². The molecule has 2 saturated carbocycles. The summed E-state index contributed by atoms with van der Waals surface area (Å²) in [5, 5.41) is 0. The maximum atomic E-state index is 11.9. The fourth-order valence-electron chi connectivity index (χ4n) is 6.34. The molecule has 0 amide bonds. The van der Waals surface area contributed by atoms with Crippen LogP contribution in [0, 0.1) is 22.7 Å². The lowest BCUT2D eigenvalue weighted by Crippen LogP contribution is -2.46. The number of allylic oxidation sites excluding steroid dienone is 5. The fourth-order valence-corrected chi connectivity index (χ4v) is 6.34. The van der Waals surface area contributed by atoms with E-state index in [-0.39, 0.29) is 22.9 Å². The Morgan fingerprint density at radius 1 is 1.28 bits per heavy atom. The molecule has 4 aliphatic rings. The van der Waals surface area contributed by atoms with E-state index in [9.17, 15) is 4.79 Å². The van der Waals surface area contributed by atoms with Crippen molar-refractivity contribution in [3.05, 3.63) is 35.5 Å². The zero-order valence-corrected chi connectivity index (χ0v) is 16.1. The van der Waals surface area contributed by atoms with Crippen LogP contribution in [0.1, 0.15) is 72.1 Å². The largest absolute Gasteiger partial charge is 0.462 e. The zero-order chi connectivity index (χ0) is 17.8. The second kappa shape index (κ2) is 5.86. The first kappa shape index (κ1) is 17.1. The highest BCUT2D eigenvalue weighted by atomic mass is 16.5. The molecule has 0 bridgehead atoms. The third-order valence-electron chi connectivity index (χ3n) is 7.93. The van der Waals surface area contributed by atoms with E-state index in [1.165, 1.54) is 31.3 Å². The number of rotatable bonds is 2. The molecule has 0 aliphatic heterocycles. The Labute approximate surface area is 152 Å². The molecule has 25 heavy (non-hydrogen) atoms. The van der Waals surface area contributed by atoms with Crippen LogP contribution in [0.4, 0.5) is 0 Å². The van der Waals surface area contributed by atoms with Crippen molar-refractivity contribution in [1.29, 1.82) is 0 Å². The molecule has 2 heteroatoms. The van der Waals surface area contributed by atoms with Crippen LogP contribution in [-0.4, -0.2) is 12.1 Å². The highest BCUT2D eigenvalue weighted by Crippen LogP contribution is 2.63. The Balaban J connectivity index is 1.66. The molecule has 0 aromatic carbocycles. The maximum Gasteiger partial charge on any atom is 0.305 e. The van der Waals surface area contributed by atoms with Crippen molar-refractivity contribution in [2.24, 2.45) is 22.7 Å². The summed E-state index contributed by atoms with van der Waals surface area (Å²) in [6.07, 6.45) is 13.7. The summed E-state index contributed by atoms with van der Waals surface area (Å²) in [6, 6.07) is 0. The second-order valence-corrected chi connectivity index (χ2v) is 9.19. The van der Waals surface area contributed by atoms with Crippen molar-refractivity contribution in [3.8, 4) is 0 Å². The summed E-state index contributed by atoms with van der Waals surface area (Å²) in [5.41, 5.74) is 5.00. The summed E-state index contributed by atoms with van der Waals surface area (Å²) in [5.74, 6) is 1.32. The van der Waals surface area contributed by atoms with Crippen molar-refractivity contribution in [3.63, 3.8) is 0 Å². The average Bonchev–Trinajstić information content (AvgIpc) is 2.92. The number of fused-ring (bicyclic) bond motifs is 5. The van der Waals surface area contributed by atoms with Crippen molar-refractivity contribution in [2.75, 3.05) is 0 Å². The number of hydrogen-bond donors (Lipinski definition) is 0. The molecule has 0 aromatic heterocycles. The predicted octanol–water partition coefficient (Wildman–Crippen LogP) is 5.75. The van der Waals surface area contributed by atoms with Gasteiger partial charge in [-0.2, -0.15) is 0 Å². The number of ether oxygens (including phenoxy) is 1. The van der Waals surface area contributed by atoms with Crippen LogP contribution in [-0.2, 0) is 9.53 Å². The van der Waals surface area contributed by atoms with E-state index in [2.05, 4.69) is 32.6 Å². The second-order valence-electron chi connectivity index (χ2n) is 9.19. The molecule has 2 fully saturated rings. The molecule has 0 aromatic rings. The zero-order valence-electron chi connectivity index (χ0n) is 16.1. The summed E-state index contributed by atoms with van der Waals surface area (Å²) in [6.45, 7) is 10.9. The van der Waals surface area contributed by atoms with Gasteiger partial charge in [0.25, 0.3) is 0 Å². The first-order chi connectivity index (χ1) is 11.9. The topological polar surface area (TPSA) is 26.3 Å². The Morgan fingerprint density at radius 2 is 2.08 bits per heavy atom. The molecular formula is C23H32O2. The Hall–Kier alpha value is -1.31. The molecule has 0 saturated heterocycles. The first-order valence-electron chi connectivity index (χ1n) is 10.2. The lowest BCUT2D eigenvalue weighted by Gasteiger charge is -2.53. The molecule has 5 atom stereocenters. The smallest absolute Gasteiger partial charge is 0.305 e. The van der Waals surface area contributed by atoms with Crippen molar-refractivity contribution < 1.29 is 9.53 Å². The van der Waals surface area contributed by atoms with Crippen molar-refractivity contribution in [1.82, 2.24) is 0 Å². The normalized spacial score (nSPS) is 42.7. The lowest BCUT2D eigenvalue weighted by atomic mass is 9.52. The van der Waals surface area contributed by atoms with Crippen LogP contribution in [0.15, 0.2) is 35.5 Å². The van der Waals surface area contributed by atoms with Crippen LogP contribution in [0.2, 0.25) is 0 Å². The van der Waals surface area contributed by atoms with Gasteiger partial charge in [-0.25, -0.2) is 0 Å². The van der Waals surface area contributed by atoms with Gasteiger partial charge in [0.15, 0.2) is 0 Å². The van der Waals surface area contributed by atoms with Gasteiger partial charge >= 0.3 is 5.97 Å². The molecule has 5 unspecified atom stereocenters. The Bertz CT molecular complexity index is 670. The fraction of sp³-hybridized carbons (Fsp3) is 0.696. The average molecular weight is 341 g/mol. The molecule has 2 nitrogen and oxygen atoms in total. The number of carbonyl (C=O) groups is 1. The Morgan fingerprint density at radius 3 is 2.84 bits per heavy atom. The molecule has 0 N–H and O–H groups in total. The van der Waals surface area contributed by atoms with Crippen LogP contribution < -0.4 is 0 Å². The summed E-state index contributed by atoms with van der Waals surface area (Å²) >= 11 is 0. The van der Waals surface area contributed by atoms with Gasteiger partial charge in [-0.3, -0.25) is 4.79 Å². The van der Waals surface area contributed by atoms with E-state index in [1.54, 1.807) is 11.1 Å². The molecule has 0 spiro atoms. The molecule has 136 valence electrons. The molecule has 4 aliphatic carbocycles. The third-order valence-corrected chi connectivity index (χ3v) is 7.93. The van der Waals surface area contributed by atoms with Gasteiger partial charge in [0.1, 0.15) is 6.10 Å². The van der Waals surface area contributed by atoms with Crippen LogP contribution in [0.3, 0.4) is 0 Å². The van der Waals surface area contributed by atoms with Crippen LogP contribution in [0.5, 0.6) is 0 Å². The van der Waals surface area contributed by atoms with E-state index >= 15 is 0 Å². The quantitative estimate of drug-likeness (QED) is 0.473. The van der Waals surface area contributed by atoms with Gasteiger partial charge in [0.2, 0.25) is 0 Å². The van der Waals surface area contributed by atoms with Gasteiger partial charge in [0, 0.05) is 17.3 Å². The minimum absolute atomic E-state index is 0.0340. The molecule has 0 heterocycles. The minimum atomic E-state index is -0.0340. The van der Waals surface area contributed by atoms with E-state index in [0.717, 1.165) is 19.3 Å². The highest BCUT2D eigenvalue weighted by Gasteiger charge is 2.56. The summed E-state index contributed by atoms with van der Waals surface area (Å²) < 4.78 is 5.87. The summed E-state index contributed by atoms with van der Waals surface area (Å²) in [7, 11) is 0. The highest BCUT2D eigenvalue weighted by molar-refractivity contribution is 5.69. The minimum Gasteiger partial charge on any atom is -0.462 e. The standard InChI is InChI=1S/C23H32O2/c1-5-21(24)25-20-9-8-18-17-7-6-16-14-15(2)10-12-22(16,3)19(17)11-13-23(18,20)4/h11,14,17-18,20H,2,5-10,12-13H2,1,3-4H3. The first-order valence-corrected chi connectivity index (χ1v) is 10.2. The number of carbonyl (C=O) groups excluding carboxylic acids is 1. The van der Waals surface area contributed by atoms with Crippen molar-refractivity contribution in [2.45, 2.75) is 78.2 Å². The van der Waals surface area contributed by atoms with Crippen LogP contribution in [0.25, 0.3) is 0 Å². The van der Waals surface area contributed by atoms with Gasteiger partial charge in [0.05, 0.1) is 0 Å². The monoisotopic (exact) mass is 340 g/mol. The lowest BCUT2D eigenvalue weighted by molar-refractivity contribution is -0.155. The Kier molecular flexibility index (Phi) is 4.01. The van der Waals surface area contributed by atoms with E-state index < -0.39 is 0 Å². The SMILES string of the molecule is C=C1C=C2CCC3C(=CCC4(C)C(OC(=O)CC)CCC34)C2(C)CC1. The van der Waals surface area contributed by atoms with Gasteiger partial charge in [-0.05, 0) is 56.8 Å². The molecular weight excluding hydrogens is 308 g/mol. The molecule has 4 rings (SSSR count). The number of esters is 1. The maximum absolute atomic E-state index is 11.9. The van der Waals surface area contributed by atoms with E-state index in [1.807, 2.05) is 6.92 Å². The van der Waals surface area contributed by atoms with Gasteiger partial charge in [-0.15, -0.1) is 0 Å². The predicted molar refractivity (Wildman–Crippen MR) is 101 cm³/mol. The van der Waals surface area contributed by atoms with Crippen molar-refractivity contribution >= 4 is 5.97 Å². The third kappa shape index (κ3) is 2.47. The number of hydrogen-bond acceptors (Lipinski definition) is 2. The van der Waals surface area contributed by atoms with Gasteiger partial charge in [-0.1, -0.05) is 56.2 Å².